The Morgan fingerprint density at radius 3 is 2.20 bits per heavy atom. The number of pyridine rings is 1. The van der Waals surface area contributed by atoms with E-state index < -0.39 is 146 Å². The first-order valence-corrected chi connectivity index (χ1v) is 32.9. The first-order valence-electron chi connectivity index (χ1n) is 28.5. The zero-order valence-electron chi connectivity index (χ0n) is 50.0. The van der Waals surface area contributed by atoms with Crippen molar-refractivity contribution in [2.75, 3.05) is 13.7 Å². The van der Waals surface area contributed by atoms with Crippen LogP contribution in [0.2, 0.25) is 0 Å². The summed E-state index contributed by atoms with van der Waals surface area (Å²) in [4.78, 5) is 140. The quantitative estimate of drug-likeness (QED) is 0.0444. The Morgan fingerprint density at radius 1 is 0.792 bits per heavy atom. The lowest BCUT2D eigenvalue weighted by atomic mass is 10.00. The lowest BCUT2D eigenvalue weighted by molar-refractivity contribution is -0.268. The number of thiazole rings is 5. The van der Waals surface area contributed by atoms with E-state index in [0.29, 0.717) is 4.73 Å². The van der Waals surface area contributed by atoms with Crippen molar-refractivity contribution in [1.82, 2.24) is 61.2 Å². The summed E-state index contributed by atoms with van der Waals surface area (Å²) in [5.74, 6) is -8.53. The van der Waals surface area contributed by atoms with Gasteiger partial charge in [-0.3, -0.25) is 28.8 Å². The van der Waals surface area contributed by atoms with Gasteiger partial charge in [0.25, 0.3) is 29.5 Å². The molecule has 1 saturated heterocycles. The molecule has 13 N–H and O–H groups in total. The predicted molar refractivity (Wildman–Crippen MR) is 335 cm³/mol. The Balaban J connectivity index is 1.06. The molecule has 96 heavy (non-hydrogen) atoms. The third-order valence-electron chi connectivity index (χ3n) is 15.5. The number of nitrogens with one attached hydrogen (secondary N) is 5. The Labute approximate surface area is 559 Å². The van der Waals surface area contributed by atoms with Crippen molar-refractivity contribution in [3.05, 3.63) is 124 Å². The van der Waals surface area contributed by atoms with Crippen molar-refractivity contribution < 1.29 is 97.5 Å². The summed E-state index contributed by atoms with van der Waals surface area (Å²) in [6.07, 6.45) is -13.9. The number of primary amides is 1. The standard InChI is InChI=1S/C58H53N13O20S5/c1-18(45(59)77)60-46(78)27-15-95-54(65-27)37-32(91-58-42(75)41(74)40(73)21(4)90-58)9-23-36(67-37)26-13-93-52(62-26)25-12-89-56(83)39-24-11-87-44(43(76)57(84)88-10-22-7-6-8-31(33(22)24)71(39)85)38(55-66-28(16-96-55)47(79)61-25)70-49(81)30-17-94-53(64-30)35(20(3)86-5)69-50(82)34(19(2)72)68-48(80)29-14-92-51(23)63-29/h6-9,13-17,19,21,25,34,38,40-44,58,72-76,85H,1,10-12H2,2-5H3,(H2,59,77)(H,60,78)(H,61,79)(H,68,80)(H,69,82)(H,70,81)/b35-20+. The third-order valence-corrected chi connectivity index (χ3v) is 20.0. The monoisotopic (exact) mass is 1410 g/mol. The van der Waals surface area contributed by atoms with Gasteiger partial charge in [0.15, 0.2) is 17.5 Å². The molecule has 7 aromatic heterocycles. The number of benzene rings is 1. The third kappa shape index (κ3) is 12.8. The Kier molecular flexibility index (Phi) is 18.6. The zero-order chi connectivity index (χ0) is 68.3. The number of hydrogen-bond donors (Lipinski definition) is 12. The molecule has 0 aliphatic carbocycles. The van der Waals surface area contributed by atoms with Crippen molar-refractivity contribution in [2.24, 2.45) is 5.73 Å². The zero-order valence-corrected chi connectivity index (χ0v) is 54.1. The summed E-state index contributed by atoms with van der Waals surface area (Å²) >= 11 is 4.24. The maximum atomic E-state index is 14.8. The maximum absolute atomic E-state index is 14.8. The summed E-state index contributed by atoms with van der Waals surface area (Å²) in [5, 5.41) is 87.4. The van der Waals surface area contributed by atoms with Crippen LogP contribution >= 0.6 is 56.7 Å². The van der Waals surface area contributed by atoms with Crippen molar-refractivity contribution >= 4 is 121 Å². The molecule has 1 aromatic carbocycles. The number of aliphatic hydroxyl groups is 5. The number of nitrogens with zero attached hydrogens (tertiary/aromatic N) is 7. The molecule has 11 atom stereocenters. The first kappa shape index (κ1) is 66.4. The highest BCUT2D eigenvalue weighted by Crippen LogP contribution is 2.44. The molecule has 4 aliphatic heterocycles. The van der Waals surface area contributed by atoms with Gasteiger partial charge in [0.2, 0.25) is 12.2 Å². The van der Waals surface area contributed by atoms with Crippen LogP contribution in [0.1, 0.15) is 111 Å². The number of cyclic esters (lactones) is 2. The van der Waals surface area contributed by atoms with Crippen molar-refractivity contribution in [1.29, 1.82) is 0 Å². The minimum atomic E-state index is -2.23. The highest BCUT2D eigenvalue weighted by Gasteiger charge is 2.45. The highest BCUT2D eigenvalue weighted by atomic mass is 32.1. The van der Waals surface area contributed by atoms with E-state index in [4.69, 9.17) is 44.1 Å². The minimum absolute atomic E-state index is 0.00156. The number of aromatic nitrogens is 7. The molecule has 6 amide bonds. The number of aliphatic hydroxyl groups excluding tert-OH is 5. The van der Waals surface area contributed by atoms with Gasteiger partial charge in [-0.15, -0.1) is 56.7 Å². The summed E-state index contributed by atoms with van der Waals surface area (Å²) < 4.78 is 36.2. The van der Waals surface area contributed by atoms with Gasteiger partial charge in [-0.25, -0.2) is 39.5 Å². The van der Waals surface area contributed by atoms with Crippen LogP contribution in [0.15, 0.2) is 69.2 Å². The highest BCUT2D eigenvalue weighted by molar-refractivity contribution is 7.14. The van der Waals surface area contributed by atoms with Crippen LogP contribution in [-0.2, 0) is 51.3 Å². The van der Waals surface area contributed by atoms with E-state index in [2.05, 4.69) is 53.1 Å². The number of hydrogen-bond acceptors (Lipinski definition) is 31. The molecule has 0 radical (unpaired) electrons. The number of allylic oxidation sites excluding steroid dienone is 1. The molecule has 12 bridgehead atoms. The fourth-order valence-electron chi connectivity index (χ4n) is 10.4. The van der Waals surface area contributed by atoms with Crippen LogP contribution in [-0.4, -0.2) is 182 Å². The Bertz CT molecular complexity index is 4530. The number of rotatable bonds is 8. The second kappa shape index (κ2) is 26.9. The Hall–Kier alpha value is -9.58. The normalized spacial score (nSPS) is 24.2. The molecule has 1 fully saturated rings. The van der Waals surface area contributed by atoms with Crippen molar-refractivity contribution in [2.45, 2.75) is 101 Å². The number of carbonyl (C=O) groups is 8. The number of esters is 2. The number of ether oxygens (including phenoxy) is 6. The second-order valence-corrected chi connectivity index (χ2v) is 26.1. The average Bonchev–Trinajstić information content (AvgIpc) is 1.58. The summed E-state index contributed by atoms with van der Waals surface area (Å²) in [6, 6.07) is 1.04. The largest absolute Gasteiger partial charge is 0.499 e. The molecule has 12 rings (SSSR count). The molecule has 0 spiro atoms. The van der Waals surface area contributed by atoms with Gasteiger partial charge >= 0.3 is 11.9 Å². The van der Waals surface area contributed by atoms with Crippen LogP contribution in [0.4, 0.5) is 0 Å². The number of nitrogens with two attached hydrogens (primary N) is 1. The molecule has 4 aliphatic rings. The van der Waals surface area contributed by atoms with Gasteiger partial charge in [0.1, 0.15) is 132 Å². The smallest absolute Gasteiger partial charge is 0.358 e. The Morgan fingerprint density at radius 2 is 1.46 bits per heavy atom. The van der Waals surface area contributed by atoms with E-state index in [-0.39, 0.29) is 110 Å². The minimum Gasteiger partial charge on any atom is -0.499 e. The van der Waals surface area contributed by atoms with E-state index in [9.17, 15) is 69.1 Å². The molecule has 0 saturated carbocycles. The van der Waals surface area contributed by atoms with Gasteiger partial charge < -0.3 is 91.5 Å². The lowest BCUT2D eigenvalue weighted by Crippen LogP contribution is -2.58. The van der Waals surface area contributed by atoms with Gasteiger partial charge in [0, 0.05) is 43.4 Å². The summed E-state index contributed by atoms with van der Waals surface area (Å²) in [6.45, 7) is 5.66. The molecule has 33 nitrogen and oxygen atoms in total. The predicted octanol–water partition coefficient (Wildman–Crippen LogP) is 1.55. The number of amides is 6. The fraction of sp³-hybridized carbons (Fsp3) is 0.310. The number of fused-ring (bicyclic) bond motifs is 15. The van der Waals surface area contributed by atoms with Crippen LogP contribution in [0.25, 0.3) is 49.3 Å². The van der Waals surface area contributed by atoms with Gasteiger partial charge in [-0.05, 0) is 38.5 Å². The van der Waals surface area contributed by atoms with Crippen molar-refractivity contribution in [3.63, 3.8) is 0 Å². The summed E-state index contributed by atoms with van der Waals surface area (Å²) in [5.41, 5.74) is 2.96. The SMILES string of the molecule is C=C(NC(=O)c1csc(-c2nc3c(cc2OC2OC(C)C(O)C(O)C2O)-c2nc(cs2)C(=O)NC(C(C)O)C(=O)N/C(=C(\C)OC)c2nc(cs2)C(=O)NC2c4nc(cs4)C(=O)NC(COC(=O)c4c5c6c(cccc6n4O)COC(=O)C(O)C2OC5)c2nc-3cs2)n1)C(N)=O. The van der Waals surface area contributed by atoms with Gasteiger partial charge in [0.05, 0.1) is 37.1 Å². The molecule has 11 heterocycles. The molecular formula is C58H53N13O20S5. The van der Waals surface area contributed by atoms with Crippen molar-refractivity contribution in [3.8, 4) is 38.4 Å². The molecule has 38 heteroatoms. The van der Waals surface area contributed by atoms with Crippen LogP contribution in [0.5, 0.6) is 5.75 Å². The van der Waals surface area contributed by atoms with Crippen LogP contribution in [0, 0.1) is 0 Å². The van der Waals surface area contributed by atoms with Gasteiger partial charge in [-0.2, -0.15) is 4.73 Å². The molecule has 500 valence electrons. The van der Waals surface area contributed by atoms with Crippen LogP contribution < -0.4 is 37.1 Å². The molecular weight excluding hydrogens is 1360 g/mol. The topological polar surface area (TPSA) is 482 Å². The average molecular weight is 1410 g/mol. The first-order chi connectivity index (χ1) is 45.9. The molecule has 8 aromatic rings. The van der Waals surface area contributed by atoms with E-state index >= 15 is 0 Å². The summed E-state index contributed by atoms with van der Waals surface area (Å²) in [7, 11) is 1.28. The van der Waals surface area contributed by atoms with E-state index in [1.54, 1.807) is 6.07 Å². The lowest BCUT2D eigenvalue weighted by Gasteiger charge is -2.39. The maximum Gasteiger partial charge on any atom is 0.358 e. The van der Waals surface area contributed by atoms with E-state index in [0.717, 1.165) is 56.7 Å². The van der Waals surface area contributed by atoms with E-state index in [1.807, 2.05) is 0 Å². The van der Waals surface area contributed by atoms with Gasteiger partial charge in [-0.1, -0.05) is 18.7 Å². The van der Waals surface area contributed by atoms with Crippen LogP contribution in [0.3, 0.4) is 0 Å². The molecule has 11 unspecified atom stereocenters. The number of carbonyl (C=O) groups excluding carboxylic acids is 8. The number of methoxy groups -OCH3 is 1. The van der Waals surface area contributed by atoms with E-state index in [1.165, 1.54) is 73.0 Å². The fourth-order valence-corrected chi connectivity index (χ4v) is 14.6. The second-order valence-electron chi connectivity index (χ2n) is 21.8.